The third-order valence-electron chi connectivity index (χ3n) is 2.74. The summed E-state index contributed by atoms with van der Waals surface area (Å²) in [4.78, 5) is 0. The highest BCUT2D eigenvalue weighted by Crippen LogP contribution is 2.34. The Kier molecular flexibility index (Phi) is 3.38. The first kappa shape index (κ1) is 12.4. The molecule has 0 aromatic rings. The Morgan fingerprint density at radius 2 is 2.27 bits per heavy atom. The van der Waals surface area contributed by atoms with Gasteiger partial charge in [0.25, 0.3) is 0 Å². The smallest absolute Gasteiger partial charge is 0.163 e. The first-order chi connectivity index (χ1) is 6.82. The summed E-state index contributed by atoms with van der Waals surface area (Å²) in [7, 11) is 0. The molecule has 0 aromatic heterocycles. The van der Waals surface area contributed by atoms with Crippen LogP contribution in [0.15, 0.2) is 24.8 Å². The number of aliphatic hydroxyl groups is 1. The molecule has 1 heterocycles. The van der Waals surface area contributed by atoms with Crippen LogP contribution in [-0.2, 0) is 9.47 Å². The van der Waals surface area contributed by atoms with Crippen molar-refractivity contribution < 1.29 is 14.6 Å². The van der Waals surface area contributed by atoms with E-state index in [0.717, 1.165) is 0 Å². The van der Waals surface area contributed by atoms with Crippen LogP contribution in [0.3, 0.4) is 0 Å². The van der Waals surface area contributed by atoms with Crippen LogP contribution >= 0.6 is 0 Å². The van der Waals surface area contributed by atoms with Crippen LogP contribution in [0.4, 0.5) is 0 Å². The van der Waals surface area contributed by atoms with E-state index in [1.165, 1.54) is 0 Å². The molecule has 0 aromatic carbocycles. The van der Waals surface area contributed by atoms with Gasteiger partial charge in [-0.05, 0) is 26.3 Å². The van der Waals surface area contributed by atoms with Crippen molar-refractivity contribution in [3.63, 3.8) is 0 Å². The SMILES string of the molecule is C=CC[C@](O)(C(=C)C)[C@H]1COC(C)(C)O1. The lowest BCUT2D eigenvalue weighted by atomic mass is 9.86. The van der Waals surface area contributed by atoms with Gasteiger partial charge < -0.3 is 14.6 Å². The zero-order chi connectivity index (χ0) is 11.7. The van der Waals surface area contributed by atoms with E-state index < -0.39 is 11.4 Å². The van der Waals surface area contributed by atoms with E-state index in [2.05, 4.69) is 13.2 Å². The molecule has 1 N–H and O–H groups in total. The van der Waals surface area contributed by atoms with Gasteiger partial charge in [-0.15, -0.1) is 6.58 Å². The molecule has 86 valence electrons. The average molecular weight is 212 g/mol. The quantitative estimate of drug-likeness (QED) is 0.725. The minimum atomic E-state index is -1.07. The number of hydrogen-bond acceptors (Lipinski definition) is 3. The fourth-order valence-electron chi connectivity index (χ4n) is 1.72. The molecular weight excluding hydrogens is 192 g/mol. The van der Waals surface area contributed by atoms with Crippen molar-refractivity contribution in [3.05, 3.63) is 24.8 Å². The molecule has 0 amide bonds. The first-order valence-electron chi connectivity index (χ1n) is 5.13. The topological polar surface area (TPSA) is 38.7 Å². The van der Waals surface area contributed by atoms with Crippen molar-refractivity contribution in [1.29, 1.82) is 0 Å². The summed E-state index contributed by atoms with van der Waals surface area (Å²) in [5, 5.41) is 10.4. The normalized spacial score (nSPS) is 28.4. The standard InChI is InChI=1S/C12H20O3/c1-6-7-12(13,9(2)3)10-8-14-11(4,5)15-10/h6,10,13H,1-2,7-8H2,3-5H3/t10-,12+/m1/s1. The Labute approximate surface area is 91.4 Å². The van der Waals surface area contributed by atoms with Crippen molar-refractivity contribution in [2.24, 2.45) is 0 Å². The maximum atomic E-state index is 10.4. The monoisotopic (exact) mass is 212 g/mol. The zero-order valence-electron chi connectivity index (χ0n) is 9.75. The predicted molar refractivity (Wildman–Crippen MR) is 59.5 cm³/mol. The predicted octanol–water partition coefficient (Wildman–Crippen LogP) is 2.02. The highest BCUT2D eigenvalue weighted by Gasteiger charge is 2.45. The maximum absolute atomic E-state index is 10.4. The van der Waals surface area contributed by atoms with Crippen molar-refractivity contribution in [2.75, 3.05) is 6.61 Å². The molecule has 0 unspecified atom stereocenters. The van der Waals surface area contributed by atoms with E-state index in [1.54, 1.807) is 13.0 Å². The number of rotatable bonds is 4. The van der Waals surface area contributed by atoms with E-state index >= 15 is 0 Å². The molecule has 0 radical (unpaired) electrons. The third-order valence-corrected chi connectivity index (χ3v) is 2.74. The van der Waals surface area contributed by atoms with Crippen molar-refractivity contribution >= 4 is 0 Å². The summed E-state index contributed by atoms with van der Waals surface area (Å²) in [5.74, 6) is -0.630. The molecule has 1 aliphatic rings. The molecule has 0 aliphatic carbocycles. The highest BCUT2D eigenvalue weighted by molar-refractivity contribution is 5.16. The Bertz CT molecular complexity index is 270. The molecule has 2 atom stereocenters. The highest BCUT2D eigenvalue weighted by atomic mass is 16.7. The van der Waals surface area contributed by atoms with E-state index in [4.69, 9.17) is 9.47 Å². The molecule has 0 saturated carbocycles. The van der Waals surface area contributed by atoms with Crippen LogP contribution in [0.25, 0.3) is 0 Å². The zero-order valence-corrected chi connectivity index (χ0v) is 9.75. The number of ether oxygens (including phenoxy) is 2. The van der Waals surface area contributed by atoms with Crippen LogP contribution in [-0.4, -0.2) is 29.2 Å². The molecule has 1 fully saturated rings. The molecular formula is C12H20O3. The first-order valence-corrected chi connectivity index (χ1v) is 5.13. The van der Waals surface area contributed by atoms with Gasteiger partial charge in [-0.3, -0.25) is 0 Å². The molecule has 1 aliphatic heterocycles. The van der Waals surface area contributed by atoms with Gasteiger partial charge in [-0.25, -0.2) is 0 Å². The summed E-state index contributed by atoms with van der Waals surface area (Å²) in [6, 6.07) is 0. The summed E-state index contributed by atoms with van der Waals surface area (Å²) in [6.45, 7) is 13.3. The molecule has 0 spiro atoms. The van der Waals surface area contributed by atoms with E-state index in [0.29, 0.717) is 18.6 Å². The third kappa shape index (κ3) is 2.48. The van der Waals surface area contributed by atoms with Gasteiger partial charge in [-0.2, -0.15) is 0 Å². The lowest BCUT2D eigenvalue weighted by Gasteiger charge is -2.33. The van der Waals surface area contributed by atoms with Gasteiger partial charge in [0.05, 0.1) is 6.61 Å². The Hall–Kier alpha value is -0.640. The molecule has 1 rings (SSSR count). The van der Waals surface area contributed by atoms with Gasteiger partial charge in [-0.1, -0.05) is 12.7 Å². The van der Waals surface area contributed by atoms with Crippen molar-refractivity contribution in [2.45, 2.75) is 44.7 Å². The summed E-state index contributed by atoms with van der Waals surface area (Å²) in [5.41, 5.74) is -0.399. The van der Waals surface area contributed by atoms with Crippen LogP contribution in [0, 0.1) is 0 Å². The molecule has 15 heavy (non-hydrogen) atoms. The lowest BCUT2D eigenvalue weighted by molar-refractivity contribution is -0.162. The second-order valence-electron chi connectivity index (χ2n) is 4.51. The minimum absolute atomic E-state index is 0.372. The van der Waals surface area contributed by atoms with Gasteiger partial charge in [0, 0.05) is 6.42 Å². The lowest BCUT2D eigenvalue weighted by Crippen LogP contribution is -2.45. The molecule has 3 heteroatoms. The second kappa shape index (κ2) is 4.08. The average Bonchev–Trinajstić information content (AvgIpc) is 2.46. The van der Waals surface area contributed by atoms with E-state index in [1.807, 2.05) is 13.8 Å². The van der Waals surface area contributed by atoms with Crippen LogP contribution < -0.4 is 0 Å². The summed E-state index contributed by atoms with van der Waals surface area (Å²) in [6.07, 6.45) is 1.72. The van der Waals surface area contributed by atoms with Gasteiger partial charge >= 0.3 is 0 Å². The summed E-state index contributed by atoms with van der Waals surface area (Å²) < 4.78 is 11.1. The molecule has 1 saturated heterocycles. The minimum Gasteiger partial charge on any atom is -0.382 e. The largest absolute Gasteiger partial charge is 0.382 e. The maximum Gasteiger partial charge on any atom is 0.163 e. The van der Waals surface area contributed by atoms with Gasteiger partial charge in [0.1, 0.15) is 11.7 Å². The second-order valence-corrected chi connectivity index (χ2v) is 4.51. The van der Waals surface area contributed by atoms with E-state index in [-0.39, 0.29) is 6.10 Å². The molecule has 0 bridgehead atoms. The molecule has 3 nitrogen and oxygen atoms in total. The Balaban J connectivity index is 2.83. The van der Waals surface area contributed by atoms with Gasteiger partial charge in [0.15, 0.2) is 5.79 Å². The van der Waals surface area contributed by atoms with Crippen LogP contribution in [0.2, 0.25) is 0 Å². The van der Waals surface area contributed by atoms with Crippen LogP contribution in [0.5, 0.6) is 0 Å². The van der Waals surface area contributed by atoms with Crippen molar-refractivity contribution in [3.8, 4) is 0 Å². The van der Waals surface area contributed by atoms with Crippen molar-refractivity contribution in [1.82, 2.24) is 0 Å². The summed E-state index contributed by atoms with van der Waals surface area (Å²) >= 11 is 0. The number of hydrogen-bond donors (Lipinski definition) is 1. The van der Waals surface area contributed by atoms with Gasteiger partial charge in [0.2, 0.25) is 0 Å². The fraction of sp³-hybridized carbons (Fsp3) is 0.667. The Morgan fingerprint density at radius 1 is 1.67 bits per heavy atom. The fourth-order valence-corrected chi connectivity index (χ4v) is 1.72. The Morgan fingerprint density at radius 3 is 2.60 bits per heavy atom. The van der Waals surface area contributed by atoms with E-state index in [9.17, 15) is 5.11 Å². The van der Waals surface area contributed by atoms with Crippen LogP contribution in [0.1, 0.15) is 27.2 Å².